The van der Waals surface area contributed by atoms with Gasteiger partial charge in [-0.25, -0.2) is 8.78 Å². The van der Waals surface area contributed by atoms with Gasteiger partial charge in [-0.3, -0.25) is 9.59 Å². The third-order valence-corrected chi connectivity index (χ3v) is 2.86. The lowest BCUT2D eigenvalue weighted by Crippen LogP contribution is -2.05. The average molecular weight is 301 g/mol. The van der Waals surface area contributed by atoms with Gasteiger partial charge in [0.25, 0.3) is 0 Å². The summed E-state index contributed by atoms with van der Waals surface area (Å²) >= 11 is 0. The smallest absolute Gasteiger partial charge is 0.221 e. The molecule has 0 aliphatic rings. The van der Waals surface area contributed by atoms with Gasteiger partial charge in [0.05, 0.1) is 0 Å². The SMILES string of the molecule is CC(=O)Nc1ccc(/C=C/C(=O)c2ccc(F)c(F)c2)cc1. The minimum atomic E-state index is -1.06. The number of hydrogen-bond acceptors (Lipinski definition) is 2. The van der Waals surface area contributed by atoms with Gasteiger partial charge in [0.2, 0.25) is 5.91 Å². The lowest BCUT2D eigenvalue weighted by atomic mass is 10.1. The first-order valence-corrected chi connectivity index (χ1v) is 6.51. The van der Waals surface area contributed by atoms with Crippen molar-refractivity contribution < 1.29 is 18.4 Å². The molecule has 5 heteroatoms. The maximum atomic E-state index is 13.1. The first-order valence-electron chi connectivity index (χ1n) is 6.51. The maximum Gasteiger partial charge on any atom is 0.221 e. The molecule has 0 aliphatic heterocycles. The van der Waals surface area contributed by atoms with Crippen LogP contribution in [0.25, 0.3) is 6.08 Å². The predicted molar refractivity (Wildman–Crippen MR) is 80.5 cm³/mol. The summed E-state index contributed by atoms with van der Waals surface area (Å²) in [6.07, 6.45) is 2.83. The van der Waals surface area contributed by atoms with Crippen molar-refractivity contribution in [3.05, 3.63) is 71.3 Å². The predicted octanol–water partition coefficient (Wildman–Crippen LogP) is 3.82. The van der Waals surface area contributed by atoms with Crippen LogP contribution in [-0.2, 0) is 4.79 Å². The van der Waals surface area contributed by atoms with E-state index in [9.17, 15) is 18.4 Å². The number of benzene rings is 2. The minimum absolute atomic E-state index is 0.0741. The van der Waals surface area contributed by atoms with E-state index in [4.69, 9.17) is 0 Å². The standard InChI is InChI=1S/C17H13F2NO2/c1-11(21)20-14-6-2-12(3-7-14)4-9-17(22)13-5-8-15(18)16(19)10-13/h2-10H,1H3,(H,20,21)/b9-4+. The van der Waals surface area contributed by atoms with Crippen LogP contribution >= 0.6 is 0 Å². The van der Waals surface area contributed by atoms with Gasteiger partial charge in [-0.15, -0.1) is 0 Å². The number of carbonyl (C=O) groups is 2. The van der Waals surface area contributed by atoms with Crippen molar-refractivity contribution >= 4 is 23.5 Å². The van der Waals surface area contributed by atoms with Crippen molar-refractivity contribution in [2.24, 2.45) is 0 Å². The van der Waals surface area contributed by atoms with Crippen molar-refractivity contribution in [1.29, 1.82) is 0 Å². The first kappa shape index (κ1) is 15.6. The molecule has 3 nitrogen and oxygen atoms in total. The minimum Gasteiger partial charge on any atom is -0.326 e. The zero-order chi connectivity index (χ0) is 16.1. The monoisotopic (exact) mass is 301 g/mol. The number of amides is 1. The molecule has 0 radical (unpaired) electrons. The molecule has 2 rings (SSSR count). The van der Waals surface area contributed by atoms with Crippen LogP contribution in [0, 0.1) is 11.6 Å². The lowest BCUT2D eigenvalue weighted by molar-refractivity contribution is -0.114. The van der Waals surface area contributed by atoms with Gasteiger partial charge in [0.15, 0.2) is 17.4 Å². The summed E-state index contributed by atoms with van der Waals surface area (Å²) in [7, 11) is 0. The van der Waals surface area contributed by atoms with Crippen molar-refractivity contribution in [2.45, 2.75) is 6.92 Å². The summed E-state index contributed by atoms with van der Waals surface area (Å²) in [6, 6.07) is 9.85. The molecular formula is C17H13F2NO2. The molecule has 0 atom stereocenters. The molecule has 0 saturated carbocycles. The van der Waals surface area contributed by atoms with E-state index in [0.29, 0.717) is 5.69 Å². The van der Waals surface area contributed by atoms with E-state index in [0.717, 1.165) is 17.7 Å². The summed E-state index contributed by atoms with van der Waals surface area (Å²) in [5, 5.41) is 2.63. The van der Waals surface area contributed by atoms with Crippen LogP contribution < -0.4 is 5.32 Å². The highest BCUT2D eigenvalue weighted by molar-refractivity contribution is 6.06. The molecule has 0 heterocycles. The Morgan fingerprint density at radius 2 is 1.68 bits per heavy atom. The third-order valence-electron chi connectivity index (χ3n) is 2.86. The molecule has 0 fully saturated rings. The number of allylic oxidation sites excluding steroid dienone is 1. The Morgan fingerprint density at radius 3 is 2.27 bits per heavy atom. The van der Waals surface area contributed by atoms with Crippen LogP contribution in [0.2, 0.25) is 0 Å². The normalized spacial score (nSPS) is 10.7. The van der Waals surface area contributed by atoms with E-state index in [-0.39, 0.29) is 11.5 Å². The molecular weight excluding hydrogens is 288 g/mol. The van der Waals surface area contributed by atoms with E-state index in [1.54, 1.807) is 30.3 Å². The molecule has 112 valence electrons. The van der Waals surface area contributed by atoms with E-state index >= 15 is 0 Å². The fourth-order valence-corrected chi connectivity index (χ4v) is 1.80. The van der Waals surface area contributed by atoms with E-state index < -0.39 is 17.4 Å². The Morgan fingerprint density at radius 1 is 1.00 bits per heavy atom. The van der Waals surface area contributed by atoms with Crippen LogP contribution in [-0.4, -0.2) is 11.7 Å². The van der Waals surface area contributed by atoms with Crippen molar-refractivity contribution in [1.82, 2.24) is 0 Å². The number of hydrogen-bond donors (Lipinski definition) is 1. The number of nitrogens with one attached hydrogen (secondary N) is 1. The Bertz CT molecular complexity index is 737. The van der Waals surface area contributed by atoms with Crippen molar-refractivity contribution in [3.8, 4) is 0 Å². The number of rotatable bonds is 4. The van der Waals surface area contributed by atoms with Crippen LogP contribution in [0.3, 0.4) is 0 Å². The summed E-state index contributed by atoms with van der Waals surface area (Å²) in [6.45, 7) is 1.41. The van der Waals surface area contributed by atoms with Crippen molar-refractivity contribution in [2.75, 3.05) is 5.32 Å². The van der Waals surface area contributed by atoms with Gasteiger partial charge < -0.3 is 5.32 Å². The van der Waals surface area contributed by atoms with Gasteiger partial charge >= 0.3 is 0 Å². The molecule has 2 aromatic carbocycles. The fraction of sp³-hybridized carbons (Fsp3) is 0.0588. The second kappa shape index (κ2) is 6.76. The fourth-order valence-electron chi connectivity index (χ4n) is 1.80. The van der Waals surface area contributed by atoms with Gasteiger partial charge in [-0.1, -0.05) is 18.2 Å². The Hall–Kier alpha value is -2.82. The first-order chi connectivity index (χ1) is 10.5. The molecule has 0 bridgehead atoms. The number of anilines is 1. The summed E-state index contributed by atoms with van der Waals surface area (Å²) < 4.78 is 25.9. The quantitative estimate of drug-likeness (QED) is 0.689. The molecule has 0 spiro atoms. The summed E-state index contributed by atoms with van der Waals surface area (Å²) in [4.78, 5) is 22.8. The largest absolute Gasteiger partial charge is 0.326 e. The van der Waals surface area contributed by atoms with Crippen LogP contribution in [0.15, 0.2) is 48.5 Å². The molecule has 1 amide bonds. The van der Waals surface area contributed by atoms with Crippen LogP contribution in [0.5, 0.6) is 0 Å². The van der Waals surface area contributed by atoms with Crippen LogP contribution in [0.1, 0.15) is 22.8 Å². The number of halogens is 2. The zero-order valence-electron chi connectivity index (χ0n) is 11.8. The third kappa shape index (κ3) is 4.09. The van der Waals surface area contributed by atoms with E-state index in [1.807, 2.05) is 0 Å². The molecule has 22 heavy (non-hydrogen) atoms. The molecule has 2 aromatic rings. The Kier molecular flexibility index (Phi) is 4.78. The second-order valence-electron chi connectivity index (χ2n) is 4.63. The van der Waals surface area contributed by atoms with Crippen LogP contribution in [0.4, 0.5) is 14.5 Å². The molecule has 0 aromatic heterocycles. The molecule has 1 N–H and O–H groups in total. The average Bonchev–Trinajstić information content (AvgIpc) is 2.48. The molecule has 0 saturated heterocycles. The van der Waals surface area contributed by atoms with Crippen molar-refractivity contribution in [3.63, 3.8) is 0 Å². The number of ketones is 1. The Labute approximate surface area is 126 Å². The zero-order valence-corrected chi connectivity index (χ0v) is 11.8. The molecule has 0 aliphatic carbocycles. The topological polar surface area (TPSA) is 46.2 Å². The summed E-state index contributed by atoms with van der Waals surface area (Å²) in [5.41, 5.74) is 1.46. The highest BCUT2D eigenvalue weighted by Crippen LogP contribution is 2.13. The highest BCUT2D eigenvalue weighted by atomic mass is 19.2. The van der Waals surface area contributed by atoms with E-state index in [2.05, 4.69) is 5.32 Å². The van der Waals surface area contributed by atoms with Gasteiger partial charge in [0.1, 0.15) is 0 Å². The maximum absolute atomic E-state index is 13.1. The van der Waals surface area contributed by atoms with E-state index in [1.165, 1.54) is 19.1 Å². The second-order valence-corrected chi connectivity index (χ2v) is 4.63. The molecule has 0 unspecified atom stereocenters. The number of carbonyl (C=O) groups excluding carboxylic acids is 2. The lowest BCUT2D eigenvalue weighted by Gasteiger charge is -2.01. The summed E-state index contributed by atoms with van der Waals surface area (Å²) in [5.74, 6) is -2.64. The van der Waals surface area contributed by atoms with Gasteiger partial charge in [0, 0.05) is 18.2 Å². The highest BCUT2D eigenvalue weighted by Gasteiger charge is 2.07. The van der Waals surface area contributed by atoms with Gasteiger partial charge in [-0.2, -0.15) is 0 Å². The van der Waals surface area contributed by atoms with Gasteiger partial charge in [-0.05, 0) is 42.0 Å². The Balaban J connectivity index is 2.08.